The standard InChI is InChI=1S/C17H24N2O5S/c1-12-7-8-13(11-14(12)18-25(3,23)24)15(20)19(2)17(16(21)22)9-5-4-6-10-17/h7-8,11,18H,4-6,9-10H2,1-3H3,(H,21,22). The largest absolute Gasteiger partial charge is 0.479 e. The van der Waals surface area contributed by atoms with E-state index in [2.05, 4.69) is 4.72 Å². The van der Waals surface area contributed by atoms with E-state index in [9.17, 15) is 23.1 Å². The first-order valence-corrected chi connectivity index (χ1v) is 10.1. The summed E-state index contributed by atoms with van der Waals surface area (Å²) in [6, 6.07) is 4.68. The molecule has 1 fully saturated rings. The van der Waals surface area contributed by atoms with Gasteiger partial charge in [0, 0.05) is 12.6 Å². The number of carboxylic acid groups (broad SMARTS) is 1. The molecule has 8 heteroatoms. The van der Waals surface area contributed by atoms with Crippen molar-refractivity contribution < 1.29 is 23.1 Å². The second kappa shape index (κ2) is 7.03. The molecule has 25 heavy (non-hydrogen) atoms. The molecule has 0 aliphatic heterocycles. The van der Waals surface area contributed by atoms with Gasteiger partial charge in [-0.2, -0.15) is 0 Å². The number of anilines is 1. The second-order valence-electron chi connectivity index (χ2n) is 6.67. The molecule has 1 amide bonds. The van der Waals surface area contributed by atoms with Crippen molar-refractivity contribution in [2.45, 2.75) is 44.6 Å². The van der Waals surface area contributed by atoms with Gasteiger partial charge < -0.3 is 10.0 Å². The van der Waals surface area contributed by atoms with E-state index in [0.717, 1.165) is 25.5 Å². The molecule has 2 rings (SSSR count). The number of sulfonamides is 1. The third kappa shape index (κ3) is 4.12. The molecule has 2 N–H and O–H groups in total. The summed E-state index contributed by atoms with van der Waals surface area (Å²) in [6.45, 7) is 1.73. The lowest BCUT2D eigenvalue weighted by Gasteiger charge is -2.41. The Bertz CT molecular complexity index is 782. The van der Waals surface area contributed by atoms with Gasteiger partial charge in [0.15, 0.2) is 0 Å². The number of carbonyl (C=O) groups is 2. The lowest BCUT2D eigenvalue weighted by molar-refractivity contribution is -0.151. The van der Waals surface area contributed by atoms with Crippen molar-refractivity contribution in [2.75, 3.05) is 18.0 Å². The predicted octanol–water partition coefficient (Wildman–Crippen LogP) is 2.23. The van der Waals surface area contributed by atoms with E-state index in [1.807, 2.05) is 0 Å². The number of aliphatic carboxylic acids is 1. The number of aryl methyl sites for hydroxylation is 1. The first-order chi connectivity index (χ1) is 11.6. The normalized spacial score (nSPS) is 16.9. The molecule has 0 aromatic heterocycles. The lowest BCUT2D eigenvalue weighted by Crippen LogP contribution is -2.56. The third-order valence-electron chi connectivity index (χ3n) is 4.81. The minimum Gasteiger partial charge on any atom is -0.479 e. The zero-order valence-corrected chi connectivity index (χ0v) is 15.5. The van der Waals surface area contributed by atoms with Crippen LogP contribution in [0.25, 0.3) is 0 Å². The van der Waals surface area contributed by atoms with Gasteiger partial charge in [-0.25, -0.2) is 13.2 Å². The van der Waals surface area contributed by atoms with Crippen LogP contribution in [0.3, 0.4) is 0 Å². The van der Waals surface area contributed by atoms with Gasteiger partial charge >= 0.3 is 5.97 Å². The number of benzene rings is 1. The maximum atomic E-state index is 12.9. The Morgan fingerprint density at radius 1 is 1.20 bits per heavy atom. The number of likely N-dealkylation sites (N-methyl/N-ethyl adjacent to an activating group) is 1. The van der Waals surface area contributed by atoms with Crippen LogP contribution >= 0.6 is 0 Å². The zero-order chi connectivity index (χ0) is 18.8. The van der Waals surface area contributed by atoms with Crippen LogP contribution in [-0.4, -0.2) is 49.1 Å². The van der Waals surface area contributed by atoms with Crippen molar-refractivity contribution in [3.63, 3.8) is 0 Å². The van der Waals surface area contributed by atoms with Crippen LogP contribution in [-0.2, 0) is 14.8 Å². The van der Waals surface area contributed by atoms with E-state index in [-0.39, 0.29) is 5.56 Å². The Balaban J connectivity index is 2.36. The van der Waals surface area contributed by atoms with Gasteiger partial charge in [-0.1, -0.05) is 25.3 Å². The molecule has 0 radical (unpaired) electrons. The van der Waals surface area contributed by atoms with Crippen LogP contribution < -0.4 is 4.72 Å². The lowest BCUT2D eigenvalue weighted by atomic mass is 9.80. The monoisotopic (exact) mass is 368 g/mol. The first kappa shape index (κ1) is 19.2. The van der Waals surface area contributed by atoms with Crippen LogP contribution in [0.2, 0.25) is 0 Å². The minimum atomic E-state index is -3.48. The van der Waals surface area contributed by atoms with Gasteiger partial charge in [-0.3, -0.25) is 9.52 Å². The van der Waals surface area contributed by atoms with E-state index >= 15 is 0 Å². The summed E-state index contributed by atoms with van der Waals surface area (Å²) in [5.74, 6) is -1.43. The molecule has 0 atom stereocenters. The number of nitrogens with one attached hydrogen (secondary N) is 1. The summed E-state index contributed by atoms with van der Waals surface area (Å²) in [7, 11) is -1.97. The van der Waals surface area contributed by atoms with Gasteiger partial charge in [0.1, 0.15) is 5.54 Å². The fourth-order valence-electron chi connectivity index (χ4n) is 3.28. The Labute approximate surface area is 148 Å². The highest BCUT2D eigenvalue weighted by molar-refractivity contribution is 7.92. The molecule has 0 spiro atoms. The van der Waals surface area contributed by atoms with Gasteiger partial charge in [0.05, 0.1) is 11.9 Å². The molecular formula is C17H24N2O5S. The number of carboxylic acids is 1. The van der Waals surface area contributed by atoms with Crippen molar-refractivity contribution >= 4 is 27.6 Å². The molecule has 1 aliphatic carbocycles. The Hall–Kier alpha value is -2.09. The molecule has 1 saturated carbocycles. The van der Waals surface area contributed by atoms with Crippen molar-refractivity contribution in [1.29, 1.82) is 0 Å². The highest BCUT2D eigenvalue weighted by Crippen LogP contribution is 2.34. The number of hydrogen-bond acceptors (Lipinski definition) is 4. The molecule has 138 valence electrons. The minimum absolute atomic E-state index is 0.255. The van der Waals surface area contributed by atoms with Crippen LogP contribution in [0, 0.1) is 6.92 Å². The van der Waals surface area contributed by atoms with E-state index in [0.29, 0.717) is 24.1 Å². The first-order valence-electron chi connectivity index (χ1n) is 8.17. The summed E-state index contributed by atoms with van der Waals surface area (Å²) < 4.78 is 25.3. The van der Waals surface area contributed by atoms with Crippen LogP contribution in [0.1, 0.15) is 48.0 Å². The number of nitrogens with zero attached hydrogens (tertiary/aromatic N) is 1. The van der Waals surface area contributed by atoms with E-state index in [1.165, 1.54) is 18.0 Å². The number of amides is 1. The zero-order valence-electron chi connectivity index (χ0n) is 14.7. The van der Waals surface area contributed by atoms with Crippen molar-refractivity contribution in [3.05, 3.63) is 29.3 Å². The quantitative estimate of drug-likeness (QED) is 0.829. The maximum Gasteiger partial charge on any atom is 0.329 e. The van der Waals surface area contributed by atoms with Crippen molar-refractivity contribution in [3.8, 4) is 0 Å². The predicted molar refractivity (Wildman–Crippen MR) is 95.2 cm³/mol. The third-order valence-corrected chi connectivity index (χ3v) is 5.40. The van der Waals surface area contributed by atoms with Gasteiger partial charge in [-0.05, 0) is 37.5 Å². The Morgan fingerprint density at radius 3 is 2.32 bits per heavy atom. The highest BCUT2D eigenvalue weighted by Gasteiger charge is 2.45. The molecule has 0 heterocycles. The van der Waals surface area contributed by atoms with Crippen molar-refractivity contribution in [1.82, 2.24) is 4.90 Å². The highest BCUT2D eigenvalue weighted by atomic mass is 32.2. The summed E-state index contributed by atoms with van der Waals surface area (Å²) >= 11 is 0. The van der Waals surface area contributed by atoms with Gasteiger partial charge in [0.2, 0.25) is 10.0 Å². The number of rotatable bonds is 5. The summed E-state index contributed by atoms with van der Waals surface area (Å²) in [5, 5.41) is 9.72. The maximum absolute atomic E-state index is 12.9. The molecule has 0 unspecified atom stereocenters. The van der Waals surface area contributed by atoms with Crippen LogP contribution in [0.4, 0.5) is 5.69 Å². The second-order valence-corrected chi connectivity index (χ2v) is 8.41. The SMILES string of the molecule is Cc1ccc(C(=O)N(C)C2(C(=O)O)CCCCC2)cc1NS(C)(=O)=O. The Kier molecular flexibility index (Phi) is 5.41. The van der Waals surface area contributed by atoms with E-state index < -0.39 is 27.4 Å². The van der Waals surface area contributed by atoms with Crippen LogP contribution in [0.5, 0.6) is 0 Å². The molecule has 1 aliphatic rings. The molecule has 0 bridgehead atoms. The Morgan fingerprint density at radius 2 is 1.80 bits per heavy atom. The van der Waals surface area contributed by atoms with Crippen LogP contribution in [0.15, 0.2) is 18.2 Å². The summed E-state index contributed by atoms with van der Waals surface area (Å²) in [6.07, 6.45) is 4.37. The topological polar surface area (TPSA) is 104 Å². The molecule has 7 nitrogen and oxygen atoms in total. The summed E-state index contributed by atoms with van der Waals surface area (Å²) in [4.78, 5) is 26.0. The van der Waals surface area contributed by atoms with E-state index in [1.54, 1.807) is 19.1 Å². The summed E-state index contributed by atoms with van der Waals surface area (Å²) in [5.41, 5.74) is 0.0421. The fourth-order valence-corrected chi connectivity index (χ4v) is 3.90. The smallest absolute Gasteiger partial charge is 0.329 e. The molecule has 1 aromatic carbocycles. The molecular weight excluding hydrogens is 344 g/mol. The number of carbonyl (C=O) groups excluding carboxylic acids is 1. The van der Waals surface area contributed by atoms with Crippen molar-refractivity contribution in [2.24, 2.45) is 0 Å². The van der Waals surface area contributed by atoms with E-state index in [4.69, 9.17) is 0 Å². The molecule has 0 saturated heterocycles. The molecule has 1 aromatic rings. The fraction of sp³-hybridized carbons (Fsp3) is 0.529. The van der Waals surface area contributed by atoms with Gasteiger partial charge in [0.25, 0.3) is 5.91 Å². The number of hydrogen-bond donors (Lipinski definition) is 2. The average molecular weight is 368 g/mol. The van der Waals surface area contributed by atoms with Gasteiger partial charge in [-0.15, -0.1) is 0 Å². The average Bonchev–Trinajstić information content (AvgIpc) is 2.54.